The van der Waals surface area contributed by atoms with Gasteiger partial charge in [-0.05, 0) is 38.9 Å². The zero-order valence-electron chi connectivity index (χ0n) is 11.1. The first kappa shape index (κ1) is 13.9. The predicted octanol–water partition coefficient (Wildman–Crippen LogP) is 1.47. The van der Waals surface area contributed by atoms with E-state index >= 15 is 0 Å². The van der Waals surface area contributed by atoms with Crippen molar-refractivity contribution in [2.24, 2.45) is 5.92 Å². The van der Waals surface area contributed by atoms with Gasteiger partial charge in [-0.25, -0.2) is 0 Å². The van der Waals surface area contributed by atoms with Gasteiger partial charge in [0.15, 0.2) is 0 Å². The van der Waals surface area contributed by atoms with Crippen molar-refractivity contribution in [3.8, 4) is 0 Å². The highest BCUT2D eigenvalue weighted by Crippen LogP contribution is 2.13. The summed E-state index contributed by atoms with van der Waals surface area (Å²) in [6, 6.07) is 0.611. The van der Waals surface area contributed by atoms with E-state index in [2.05, 4.69) is 31.1 Å². The minimum absolute atomic E-state index is 0.172. The first-order chi connectivity index (χ1) is 7.67. The van der Waals surface area contributed by atoms with E-state index in [-0.39, 0.29) is 6.10 Å². The minimum Gasteiger partial charge on any atom is -0.392 e. The van der Waals surface area contributed by atoms with Crippen molar-refractivity contribution in [3.05, 3.63) is 0 Å². The second-order valence-electron chi connectivity index (χ2n) is 5.13. The Morgan fingerprint density at radius 3 is 2.31 bits per heavy atom. The number of hydrogen-bond donors (Lipinski definition) is 2. The largest absolute Gasteiger partial charge is 0.392 e. The fourth-order valence-electron chi connectivity index (χ4n) is 2.50. The summed E-state index contributed by atoms with van der Waals surface area (Å²) in [4.78, 5) is 2.37. The maximum Gasteiger partial charge on any atom is 0.0692 e. The topological polar surface area (TPSA) is 35.5 Å². The highest BCUT2D eigenvalue weighted by Gasteiger charge is 2.19. The first-order valence-corrected chi connectivity index (χ1v) is 6.77. The van der Waals surface area contributed by atoms with Crippen molar-refractivity contribution in [1.82, 2.24) is 10.2 Å². The van der Waals surface area contributed by atoms with Gasteiger partial charge in [0.2, 0.25) is 0 Å². The molecule has 0 aromatic carbocycles. The summed E-state index contributed by atoms with van der Waals surface area (Å²) in [5.74, 6) is 0.457. The molecule has 3 nitrogen and oxygen atoms in total. The van der Waals surface area contributed by atoms with Crippen LogP contribution in [0.1, 0.15) is 39.5 Å². The zero-order valence-corrected chi connectivity index (χ0v) is 11.1. The summed E-state index contributed by atoms with van der Waals surface area (Å²) in [6.07, 6.45) is 4.41. The second-order valence-corrected chi connectivity index (χ2v) is 5.13. The van der Waals surface area contributed by atoms with E-state index in [0.717, 1.165) is 19.4 Å². The molecule has 1 saturated heterocycles. The van der Waals surface area contributed by atoms with Crippen molar-refractivity contribution >= 4 is 0 Å². The van der Waals surface area contributed by atoms with E-state index in [1.165, 1.54) is 25.9 Å². The lowest BCUT2D eigenvalue weighted by molar-refractivity contribution is 0.0941. The Kier molecular flexibility index (Phi) is 6.32. The Morgan fingerprint density at radius 2 is 1.81 bits per heavy atom. The van der Waals surface area contributed by atoms with Gasteiger partial charge in [0.05, 0.1) is 6.10 Å². The van der Waals surface area contributed by atoms with Crippen LogP contribution in [-0.2, 0) is 0 Å². The van der Waals surface area contributed by atoms with Crippen LogP contribution in [0.2, 0.25) is 0 Å². The van der Waals surface area contributed by atoms with Crippen LogP contribution in [0.4, 0.5) is 0 Å². The third-order valence-corrected chi connectivity index (χ3v) is 3.93. The number of nitrogens with one attached hydrogen (secondary N) is 1. The van der Waals surface area contributed by atoms with Gasteiger partial charge in [0.25, 0.3) is 0 Å². The molecule has 1 unspecified atom stereocenters. The van der Waals surface area contributed by atoms with E-state index < -0.39 is 0 Å². The fraction of sp³-hybridized carbons (Fsp3) is 1.00. The molecule has 1 aliphatic heterocycles. The lowest BCUT2D eigenvalue weighted by Crippen LogP contribution is -2.44. The monoisotopic (exact) mass is 228 g/mol. The number of piperidine rings is 1. The van der Waals surface area contributed by atoms with Gasteiger partial charge in [-0.15, -0.1) is 0 Å². The van der Waals surface area contributed by atoms with Gasteiger partial charge in [0.1, 0.15) is 0 Å². The number of rotatable bonds is 6. The SMILES string of the molecule is CCC(CC)C(O)CNC1CCN(C)CC1. The number of nitrogens with zero attached hydrogens (tertiary/aromatic N) is 1. The molecule has 1 atom stereocenters. The summed E-state index contributed by atoms with van der Waals surface area (Å²) in [5.41, 5.74) is 0. The predicted molar refractivity (Wildman–Crippen MR) is 68.6 cm³/mol. The fourth-order valence-corrected chi connectivity index (χ4v) is 2.50. The summed E-state index contributed by atoms with van der Waals surface area (Å²) in [5, 5.41) is 13.5. The summed E-state index contributed by atoms with van der Waals surface area (Å²) in [6.45, 7) is 7.44. The molecule has 0 spiro atoms. The molecule has 0 bridgehead atoms. The highest BCUT2D eigenvalue weighted by molar-refractivity contribution is 4.78. The molecule has 1 aliphatic rings. The molecular formula is C13H28N2O. The van der Waals surface area contributed by atoms with Crippen LogP contribution in [-0.4, -0.2) is 48.8 Å². The van der Waals surface area contributed by atoms with Crippen LogP contribution < -0.4 is 5.32 Å². The third kappa shape index (κ3) is 4.40. The molecular weight excluding hydrogens is 200 g/mol. The second kappa shape index (κ2) is 7.25. The Balaban J connectivity index is 2.18. The van der Waals surface area contributed by atoms with Crippen LogP contribution in [0, 0.1) is 5.92 Å². The molecule has 0 radical (unpaired) electrons. The van der Waals surface area contributed by atoms with Crippen LogP contribution in [0.25, 0.3) is 0 Å². The molecule has 0 aromatic rings. The number of likely N-dealkylation sites (tertiary alicyclic amines) is 1. The maximum atomic E-state index is 10.0. The Labute approximate surface area is 100 Å². The minimum atomic E-state index is -0.172. The standard InChI is InChI=1S/C13H28N2O/c1-4-11(5-2)13(16)10-14-12-6-8-15(3)9-7-12/h11-14,16H,4-10H2,1-3H3. The number of hydrogen-bond acceptors (Lipinski definition) is 3. The molecule has 1 heterocycles. The Bertz CT molecular complexity index is 175. The van der Waals surface area contributed by atoms with E-state index in [1.807, 2.05) is 0 Å². The maximum absolute atomic E-state index is 10.0. The molecule has 2 N–H and O–H groups in total. The van der Waals surface area contributed by atoms with Crippen molar-refractivity contribution in [3.63, 3.8) is 0 Å². The Morgan fingerprint density at radius 1 is 1.25 bits per heavy atom. The average Bonchev–Trinajstić information content (AvgIpc) is 2.30. The first-order valence-electron chi connectivity index (χ1n) is 6.77. The van der Waals surface area contributed by atoms with Gasteiger partial charge in [-0.2, -0.15) is 0 Å². The zero-order chi connectivity index (χ0) is 12.0. The molecule has 0 aromatic heterocycles. The van der Waals surface area contributed by atoms with Crippen molar-refractivity contribution in [2.75, 3.05) is 26.7 Å². The smallest absolute Gasteiger partial charge is 0.0692 e. The van der Waals surface area contributed by atoms with Crippen LogP contribution in [0.3, 0.4) is 0 Å². The van der Waals surface area contributed by atoms with Crippen LogP contribution in [0.5, 0.6) is 0 Å². The average molecular weight is 228 g/mol. The summed E-state index contributed by atoms with van der Waals surface area (Å²) >= 11 is 0. The molecule has 1 fully saturated rings. The van der Waals surface area contributed by atoms with Crippen molar-refractivity contribution in [1.29, 1.82) is 0 Å². The molecule has 0 amide bonds. The van der Waals surface area contributed by atoms with Gasteiger partial charge in [-0.3, -0.25) is 0 Å². The lowest BCUT2D eigenvalue weighted by atomic mass is 9.96. The van der Waals surface area contributed by atoms with Gasteiger partial charge < -0.3 is 15.3 Å². The number of aliphatic hydroxyl groups is 1. The van der Waals surface area contributed by atoms with Crippen LogP contribution in [0.15, 0.2) is 0 Å². The van der Waals surface area contributed by atoms with E-state index in [1.54, 1.807) is 0 Å². The molecule has 3 heteroatoms. The van der Waals surface area contributed by atoms with Gasteiger partial charge in [0, 0.05) is 12.6 Å². The third-order valence-electron chi connectivity index (χ3n) is 3.93. The number of aliphatic hydroxyl groups excluding tert-OH is 1. The molecule has 0 saturated carbocycles. The lowest BCUT2D eigenvalue weighted by Gasteiger charge is -2.31. The quantitative estimate of drug-likeness (QED) is 0.722. The van der Waals surface area contributed by atoms with Crippen LogP contribution >= 0.6 is 0 Å². The van der Waals surface area contributed by atoms with Gasteiger partial charge >= 0.3 is 0 Å². The Hall–Kier alpha value is -0.120. The highest BCUT2D eigenvalue weighted by atomic mass is 16.3. The van der Waals surface area contributed by atoms with Crippen molar-refractivity contribution in [2.45, 2.75) is 51.7 Å². The normalized spacial score (nSPS) is 21.6. The summed E-state index contributed by atoms with van der Waals surface area (Å²) in [7, 11) is 2.18. The molecule has 16 heavy (non-hydrogen) atoms. The molecule has 1 rings (SSSR count). The van der Waals surface area contributed by atoms with Crippen molar-refractivity contribution < 1.29 is 5.11 Å². The van der Waals surface area contributed by atoms with E-state index in [9.17, 15) is 5.11 Å². The molecule has 96 valence electrons. The van der Waals surface area contributed by atoms with E-state index in [0.29, 0.717) is 12.0 Å². The molecule has 0 aliphatic carbocycles. The summed E-state index contributed by atoms with van der Waals surface area (Å²) < 4.78 is 0. The van der Waals surface area contributed by atoms with E-state index in [4.69, 9.17) is 0 Å². The van der Waals surface area contributed by atoms with Gasteiger partial charge in [-0.1, -0.05) is 26.7 Å².